The maximum absolute atomic E-state index is 12.1. The molecule has 1 aromatic heterocycles. The minimum absolute atomic E-state index is 0.115. The maximum atomic E-state index is 12.1. The molecular formula is C17H21BrN4O. The van der Waals surface area contributed by atoms with Crippen LogP contribution >= 0.6 is 15.9 Å². The largest absolute Gasteiger partial charge is 0.354 e. The zero-order chi connectivity index (χ0) is 16.8. The van der Waals surface area contributed by atoms with Crippen molar-refractivity contribution in [2.45, 2.75) is 6.92 Å². The van der Waals surface area contributed by atoms with Gasteiger partial charge in [0.1, 0.15) is 0 Å². The molecule has 1 heterocycles. The SMILES string of the molecule is Cc1cc(Br)ccc1Nc1cncc(C(=O)NCCN(C)C)c1. The number of halogens is 1. The number of aryl methyl sites for hydroxylation is 1. The van der Waals surface area contributed by atoms with Crippen LogP contribution in [0.2, 0.25) is 0 Å². The summed E-state index contributed by atoms with van der Waals surface area (Å²) in [6.07, 6.45) is 3.28. The van der Waals surface area contributed by atoms with Gasteiger partial charge in [0.05, 0.1) is 17.4 Å². The van der Waals surface area contributed by atoms with E-state index < -0.39 is 0 Å². The highest BCUT2D eigenvalue weighted by atomic mass is 79.9. The number of hydrogen-bond acceptors (Lipinski definition) is 4. The van der Waals surface area contributed by atoms with Crippen LogP contribution in [0.4, 0.5) is 11.4 Å². The number of likely N-dealkylation sites (N-methyl/N-ethyl adjacent to an activating group) is 1. The van der Waals surface area contributed by atoms with E-state index in [1.54, 1.807) is 18.5 Å². The van der Waals surface area contributed by atoms with Gasteiger partial charge in [-0.25, -0.2) is 0 Å². The Bertz CT molecular complexity index is 688. The highest BCUT2D eigenvalue weighted by Gasteiger charge is 2.07. The van der Waals surface area contributed by atoms with Gasteiger partial charge in [-0.2, -0.15) is 0 Å². The van der Waals surface area contributed by atoms with E-state index in [1.165, 1.54) is 0 Å². The summed E-state index contributed by atoms with van der Waals surface area (Å²) in [5, 5.41) is 6.18. The van der Waals surface area contributed by atoms with Crippen LogP contribution in [0.25, 0.3) is 0 Å². The van der Waals surface area contributed by atoms with Crippen molar-refractivity contribution in [1.29, 1.82) is 0 Å². The van der Waals surface area contributed by atoms with E-state index in [0.29, 0.717) is 12.1 Å². The molecule has 0 aliphatic carbocycles. The van der Waals surface area contributed by atoms with Crippen molar-refractivity contribution in [3.63, 3.8) is 0 Å². The molecule has 6 heteroatoms. The van der Waals surface area contributed by atoms with Crippen LogP contribution < -0.4 is 10.6 Å². The Morgan fingerprint density at radius 2 is 2.04 bits per heavy atom. The van der Waals surface area contributed by atoms with Crippen LogP contribution in [-0.4, -0.2) is 43.0 Å². The summed E-state index contributed by atoms with van der Waals surface area (Å²) in [5.41, 5.74) is 3.43. The van der Waals surface area contributed by atoms with Gasteiger partial charge < -0.3 is 15.5 Å². The molecule has 2 rings (SSSR count). The minimum Gasteiger partial charge on any atom is -0.354 e. The zero-order valence-corrected chi connectivity index (χ0v) is 15.1. The molecule has 2 aromatic rings. The van der Waals surface area contributed by atoms with Gasteiger partial charge in [-0.15, -0.1) is 0 Å². The van der Waals surface area contributed by atoms with Crippen LogP contribution in [0.1, 0.15) is 15.9 Å². The molecule has 5 nitrogen and oxygen atoms in total. The summed E-state index contributed by atoms with van der Waals surface area (Å²) < 4.78 is 1.03. The van der Waals surface area contributed by atoms with Crippen LogP contribution in [-0.2, 0) is 0 Å². The molecule has 23 heavy (non-hydrogen) atoms. The minimum atomic E-state index is -0.115. The van der Waals surface area contributed by atoms with Gasteiger partial charge >= 0.3 is 0 Å². The number of hydrogen-bond donors (Lipinski definition) is 2. The highest BCUT2D eigenvalue weighted by Crippen LogP contribution is 2.23. The van der Waals surface area contributed by atoms with Gasteiger partial charge in [-0.1, -0.05) is 15.9 Å². The van der Waals surface area contributed by atoms with Gasteiger partial charge in [0, 0.05) is 29.4 Å². The van der Waals surface area contributed by atoms with Crippen molar-refractivity contribution in [3.8, 4) is 0 Å². The predicted octanol–water partition coefficient (Wildman–Crippen LogP) is 3.19. The third-order valence-electron chi connectivity index (χ3n) is 3.31. The first-order valence-corrected chi connectivity index (χ1v) is 8.16. The molecule has 0 bridgehead atoms. The number of pyridine rings is 1. The van der Waals surface area contributed by atoms with Gasteiger partial charge in [-0.05, 0) is 50.8 Å². The van der Waals surface area contributed by atoms with Gasteiger partial charge in [-0.3, -0.25) is 9.78 Å². The third-order valence-corrected chi connectivity index (χ3v) is 3.81. The standard InChI is InChI=1S/C17H21BrN4O/c1-12-8-14(18)4-5-16(12)21-15-9-13(10-19-11-15)17(23)20-6-7-22(2)3/h4-5,8-11,21H,6-7H2,1-3H3,(H,20,23). The summed E-state index contributed by atoms with van der Waals surface area (Å²) in [4.78, 5) is 18.3. The van der Waals surface area contributed by atoms with E-state index in [2.05, 4.69) is 31.5 Å². The molecular weight excluding hydrogens is 356 g/mol. The predicted molar refractivity (Wildman–Crippen MR) is 97.3 cm³/mol. The summed E-state index contributed by atoms with van der Waals surface area (Å²) in [6, 6.07) is 7.80. The molecule has 122 valence electrons. The summed E-state index contributed by atoms with van der Waals surface area (Å²) in [7, 11) is 3.94. The van der Waals surface area contributed by atoms with Gasteiger partial charge in [0.25, 0.3) is 5.91 Å². The van der Waals surface area contributed by atoms with Gasteiger partial charge in [0.15, 0.2) is 0 Å². The average molecular weight is 377 g/mol. The number of nitrogens with zero attached hydrogens (tertiary/aromatic N) is 2. The van der Waals surface area contributed by atoms with Crippen molar-refractivity contribution in [1.82, 2.24) is 15.2 Å². The number of nitrogens with one attached hydrogen (secondary N) is 2. The number of benzene rings is 1. The highest BCUT2D eigenvalue weighted by molar-refractivity contribution is 9.10. The Morgan fingerprint density at radius 3 is 2.74 bits per heavy atom. The summed E-state index contributed by atoms with van der Waals surface area (Å²) in [5.74, 6) is -0.115. The molecule has 1 aromatic carbocycles. The van der Waals surface area contributed by atoms with E-state index >= 15 is 0 Å². The van der Waals surface area contributed by atoms with Crippen molar-refractivity contribution >= 4 is 33.2 Å². The number of anilines is 2. The number of aromatic nitrogens is 1. The molecule has 0 fully saturated rings. The van der Waals surface area contributed by atoms with E-state index in [0.717, 1.165) is 28.0 Å². The second-order valence-corrected chi connectivity index (χ2v) is 6.52. The second-order valence-electron chi connectivity index (χ2n) is 5.61. The number of amides is 1. The lowest BCUT2D eigenvalue weighted by Crippen LogP contribution is -2.31. The first-order chi connectivity index (χ1) is 11.0. The Balaban J connectivity index is 2.06. The molecule has 0 saturated heterocycles. The lowest BCUT2D eigenvalue weighted by molar-refractivity contribution is 0.0950. The normalized spacial score (nSPS) is 10.7. The smallest absolute Gasteiger partial charge is 0.252 e. The molecule has 0 spiro atoms. The lowest BCUT2D eigenvalue weighted by Gasteiger charge is -2.12. The molecule has 2 N–H and O–H groups in total. The van der Waals surface area contributed by atoms with Crippen LogP contribution in [0.15, 0.2) is 41.1 Å². The number of carbonyl (C=O) groups is 1. The second kappa shape index (κ2) is 8.08. The Kier molecular flexibility index (Phi) is 6.12. The fraction of sp³-hybridized carbons (Fsp3) is 0.294. The molecule has 0 aliphatic rings. The first-order valence-electron chi connectivity index (χ1n) is 7.37. The van der Waals surface area contributed by atoms with E-state index in [-0.39, 0.29) is 5.91 Å². The summed E-state index contributed by atoms with van der Waals surface area (Å²) in [6.45, 7) is 3.43. The first kappa shape index (κ1) is 17.4. The Morgan fingerprint density at radius 1 is 1.26 bits per heavy atom. The van der Waals surface area contributed by atoms with E-state index in [9.17, 15) is 4.79 Å². The molecule has 0 radical (unpaired) electrons. The van der Waals surface area contributed by atoms with Crippen LogP contribution in [0, 0.1) is 6.92 Å². The average Bonchev–Trinajstić information content (AvgIpc) is 2.50. The fourth-order valence-corrected chi connectivity index (χ4v) is 2.53. The van der Waals surface area contributed by atoms with E-state index in [1.807, 2.05) is 44.1 Å². The molecule has 0 aliphatic heterocycles. The number of carbonyl (C=O) groups excluding carboxylic acids is 1. The monoisotopic (exact) mass is 376 g/mol. The fourth-order valence-electron chi connectivity index (χ4n) is 2.05. The summed E-state index contributed by atoms with van der Waals surface area (Å²) >= 11 is 3.45. The van der Waals surface area contributed by atoms with Crippen LogP contribution in [0.5, 0.6) is 0 Å². The molecule has 0 atom stereocenters. The van der Waals surface area contributed by atoms with Gasteiger partial charge in [0.2, 0.25) is 0 Å². The topological polar surface area (TPSA) is 57.3 Å². The van der Waals surface area contributed by atoms with Crippen molar-refractivity contribution < 1.29 is 4.79 Å². The lowest BCUT2D eigenvalue weighted by atomic mass is 10.2. The maximum Gasteiger partial charge on any atom is 0.252 e. The zero-order valence-electron chi connectivity index (χ0n) is 13.6. The third kappa shape index (κ3) is 5.33. The molecule has 0 unspecified atom stereocenters. The Hall–Kier alpha value is -1.92. The molecule has 1 amide bonds. The number of rotatable bonds is 6. The quantitative estimate of drug-likeness (QED) is 0.812. The molecule has 0 saturated carbocycles. The van der Waals surface area contributed by atoms with Crippen LogP contribution in [0.3, 0.4) is 0 Å². The van der Waals surface area contributed by atoms with Crippen molar-refractivity contribution in [2.75, 3.05) is 32.5 Å². The van der Waals surface area contributed by atoms with Crippen molar-refractivity contribution in [2.24, 2.45) is 0 Å². The van der Waals surface area contributed by atoms with E-state index in [4.69, 9.17) is 0 Å². The van der Waals surface area contributed by atoms with Crippen molar-refractivity contribution in [3.05, 3.63) is 52.3 Å². The Labute approximate surface area is 145 Å².